The smallest absolute Gasteiger partial charge is 0.349 e. The summed E-state index contributed by atoms with van der Waals surface area (Å²) < 4.78 is 14.8. The van der Waals surface area contributed by atoms with E-state index in [0.717, 1.165) is 0 Å². The lowest BCUT2D eigenvalue weighted by Gasteiger charge is -2.11. The normalized spacial score (nSPS) is 13.2. The monoisotopic (exact) mass is 350 g/mol. The number of carbonyl (C=O) groups excluding carboxylic acids is 3. The Hall–Kier alpha value is -2.60. The number of benzene rings is 1. The van der Waals surface area contributed by atoms with Crippen molar-refractivity contribution in [2.24, 2.45) is 0 Å². The molecule has 1 aliphatic rings. The summed E-state index contributed by atoms with van der Waals surface area (Å²) >= 11 is 5.85. The Labute approximate surface area is 143 Å². The molecule has 24 heavy (non-hydrogen) atoms. The maximum absolute atomic E-state index is 12.2. The predicted molar refractivity (Wildman–Crippen MR) is 85.8 cm³/mol. The van der Waals surface area contributed by atoms with E-state index in [9.17, 15) is 14.4 Å². The number of hydrogen-bond donors (Lipinski definition) is 0. The third-order valence-electron chi connectivity index (χ3n) is 3.05. The molecule has 0 spiro atoms. The molecule has 0 bridgehead atoms. The van der Waals surface area contributed by atoms with E-state index >= 15 is 0 Å². The van der Waals surface area contributed by atoms with Crippen molar-refractivity contribution in [2.75, 3.05) is 13.2 Å². The first kappa shape index (κ1) is 17.7. The number of allylic oxidation sites excluding steroid dienone is 1. The molecule has 1 aliphatic heterocycles. The zero-order chi connectivity index (χ0) is 17.7. The van der Waals surface area contributed by atoms with Crippen molar-refractivity contribution in [3.05, 3.63) is 52.3 Å². The SMILES string of the molecule is CCOC(=O)C(C(=O)OCC)=C1OC(=O)C=C1c1ccc(Cl)cc1. The molecule has 0 N–H and O–H groups in total. The van der Waals surface area contributed by atoms with Crippen molar-refractivity contribution < 1.29 is 28.6 Å². The van der Waals surface area contributed by atoms with Gasteiger partial charge in [0.2, 0.25) is 0 Å². The quantitative estimate of drug-likeness (QED) is 0.267. The number of rotatable bonds is 5. The van der Waals surface area contributed by atoms with Crippen LogP contribution in [0, 0.1) is 0 Å². The molecule has 7 heteroatoms. The zero-order valence-corrected chi connectivity index (χ0v) is 13.9. The van der Waals surface area contributed by atoms with Crippen LogP contribution >= 0.6 is 11.6 Å². The van der Waals surface area contributed by atoms with E-state index in [-0.39, 0.29) is 24.5 Å². The van der Waals surface area contributed by atoms with Gasteiger partial charge in [0.05, 0.1) is 13.2 Å². The average Bonchev–Trinajstić information content (AvgIpc) is 2.90. The minimum Gasteiger partial charge on any atom is -0.462 e. The highest BCUT2D eigenvalue weighted by Gasteiger charge is 2.34. The fourth-order valence-electron chi connectivity index (χ4n) is 2.07. The molecular weight excluding hydrogens is 336 g/mol. The molecule has 0 amide bonds. The summed E-state index contributed by atoms with van der Waals surface area (Å²) in [6.07, 6.45) is 1.19. The van der Waals surface area contributed by atoms with Gasteiger partial charge in [0.15, 0.2) is 11.3 Å². The number of cyclic esters (lactones) is 1. The van der Waals surface area contributed by atoms with Crippen LogP contribution in [-0.4, -0.2) is 31.1 Å². The topological polar surface area (TPSA) is 78.9 Å². The lowest BCUT2D eigenvalue weighted by Crippen LogP contribution is -2.21. The Morgan fingerprint density at radius 2 is 1.58 bits per heavy atom. The Morgan fingerprint density at radius 1 is 1.04 bits per heavy atom. The predicted octanol–water partition coefficient (Wildman–Crippen LogP) is 2.66. The molecule has 126 valence electrons. The van der Waals surface area contributed by atoms with Gasteiger partial charge in [0, 0.05) is 16.7 Å². The van der Waals surface area contributed by atoms with Gasteiger partial charge >= 0.3 is 17.9 Å². The van der Waals surface area contributed by atoms with E-state index in [4.69, 9.17) is 25.8 Å². The fourth-order valence-corrected chi connectivity index (χ4v) is 2.20. The van der Waals surface area contributed by atoms with Gasteiger partial charge in [-0.05, 0) is 31.5 Å². The molecule has 1 heterocycles. The van der Waals surface area contributed by atoms with E-state index in [1.807, 2.05) is 0 Å². The largest absolute Gasteiger partial charge is 0.462 e. The Balaban J connectivity index is 2.56. The van der Waals surface area contributed by atoms with Crippen LogP contribution in [0.15, 0.2) is 41.7 Å². The van der Waals surface area contributed by atoms with Crippen molar-refractivity contribution in [1.82, 2.24) is 0 Å². The van der Waals surface area contributed by atoms with Crippen molar-refractivity contribution in [3.63, 3.8) is 0 Å². The van der Waals surface area contributed by atoms with Gasteiger partial charge in [0.25, 0.3) is 0 Å². The molecule has 0 fully saturated rings. The second-order valence-electron chi connectivity index (χ2n) is 4.63. The van der Waals surface area contributed by atoms with Crippen LogP contribution in [0.5, 0.6) is 0 Å². The highest BCUT2D eigenvalue weighted by atomic mass is 35.5. The number of halogens is 1. The maximum Gasteiger partial charge on any atom is 0.349 e. The van der Waals surface area contributed by atoms with Crippen LogP contribution in [0.25, 0.3) is 5.57 Å². The van der Waals surface area contributed by atoms with Crippen molar-refractivity contribution in [2.45, 2.75) is 13.8 Å². The first-order valence-electron chi connectivity index (χ1n) is 7.26. The molecule has 6 nitrogen and oxygen atoms in total. The Kier molecular flexibility index (Phi) is 5.76. The Bertz CT molecular complexity index is 710. The average molecular weight is 351 g/mol. The van der Waals surface area contributed by atoms with Crippen LogP contribution in [-0.2, 0) is 28.6 Å². The minimum atomic E-state index is -0.916. The molecule has 1 aromatic carbocycles. The van der Waals surface area contributed by atoms with E-state index < -0.39 is 23.5 Å². The Morgan fingerprint density at radius 3 is 2.08 bits per heavy atom. The van der Waals surface area contributed by atoms with Crippen LogP contribution in [0.2, 0.25) is 5.02 Å². The summed E-state index contributed by atoms with van der Waals surface area (Å²) in [5, 5.41) is 0.506. The highest BCUT2D eigenvalue weighted by Crippen LogP contribution is 2.33. The van der Waals surface area contributed by atoms with Crippen molar-refractivity contribution in [1.29, 1.82) is 0 Å². The van der Waals surface area contributed by atoms with Gasteiger partial charge < -0.3 is 14.2 Å². The lowest BCUT2D eigenvalue weighted by atomic mass is 10.0. The summed E-state index contributed by atoms with van der Waals surface area (Å²) in [7, 11) is 0. The highest BCUT2D eigenvalue weighted by molar-refractivity contribution is 6.30. The van der Waals surface area contributed by atoms with Crippen molar-refractivity contribution in [3.8, 4) is 0 Å². The number of hydrogen-bond acceptors (Lipinski definition) is 6. The third kappa shape index (κ3) is 3.83. The van der Waals surface area contributed by atoms with Crippen molar-refractivity contribution >= 4 is 35.1 Å². The molecule has 0 atom stereocenters. The van der Waals surface area contributed by atoms with Gasteiger partial charge in [-0.25, -0.2) is 14.4 Å². The summed E-state index contributed by atoms with van der Waals surface area (Å²) in [5.41, 5.74) is 0.393. The van der Waals surface area contributed by atoms with Gasteiger partial charge in [-0.3, -0.25) is 0 Å². The zero-order valence-electron chi connectivity index (χ0n) is 13.1. The molecule has 0 aliphatic carbocycles. The van der Waals surface area contributed by atoms with E-state index in [1.54, 1.807) is 38.1 Å². The molecule has 2 rings (SSSR count). The number of esters is 3. The first-order chi connectivity index (χ1) is 11.5. The van der Waals surface area contributed by atoms with Crippen LogP contribution in [0.4, 0.5) is 0 Å². The maximum atomic E-state index is 12.2. The summed E-state index contributed by atoms with van der Waals surface area (Å²) in [6.45, 7) is 3.32. The first-order valence-corrected chi connectivity index (χ1v) is 7.64. The van der Waals surface area contributed by atoms with E-state index in [1.165, 1.54) is 6.08 Å². The number of carbonyl (C=O) groups is 3. The second kappa shape index (κ2) is 7.79. The van der Waals surface area contributed by atoms with Gasteiger partial charge in [-0.15, -0.1) is 0 Å². The van der Waals surface area contributed by atoms with Crippen LogP contribution < -0.4 is 0 Å². The second-order valence-corrected chi connectivity index (χ2v) is 5.07. The molecule has 0 saturated heterocycles. The fraction of sp³-hybridized carbons (Fsp3) is 0.235. The number of ether oxygens (including phenoxy) is 3. The summed E-state index contributed by atoms with van der Waals surface area (Å²) in [4.78, 5) is 36.0. The third-order valence-corrected chi connectivity index (χ3v) is 3.30. The van der Waals surface area contributed by atoms with Gasteiger partial charge in [0.1, 0.15) is 0 Å². The molecule has 0 unspecified atom stereocenters. The van der Waals surface area contributed by atoms with Crippen LogP contribution in [0.1, 0.15) is 19.4 Å². The van der Waals surface area contributed by atoms with Gasteiger partial charge in [-0.1, -0.05) is 23.7 Å². The lowest BCUT2D eigenvalue weighted by molar-refractivity contribution is -0.147. The molecule has 1 aromatic rings. The standard InChI is InChI=1S/C17H15ClO6/c1-3-22-16(20)14(17(21)23-4-2)15-12(9-13(19)24-15)10-5-7-11(18)8-6-10/h5-9H,3-4H2,1-2H3. The summed E-state index contributed by atoms with van der Waals surface area (Å²) in [5.74, 6) is -2.71. The van der Waals surface area contributed by atoms with E-state index in [2.05, 4.69) is 0 Å². The molecular formula is C17H15ClO6. The van der Waals surface area contributed by atoms with Gasteiger partial charge in [-0.2, -0.15) is 0 Å². The van der Waals surface area contributed by atoms with E-state index in [0.29, 0.717) is 10.6 Å². The molecule has 0 radical (unpaired) electrons. The summed E-state index contributed by atoms with van der Waals surface area (Å²) in [6, 6.07) is 6.52. The van der Waals surface area contributed by atoms with Crippen LogP contribution in [0.3, 0.4) is 0 Å². The minimum absolute atomic E-state index is 0.0585. The molecule has 0 aromatic heterocycles. The molecule has 0 saturated carbocycles.